The predicted octanol–water partition coefficient (Wildman–Crippen LogP) is 4.85. The number of nitrogens with one attached hydrogen (secondary N) is 1. The highest BCUT2D eigenvalue weighted by atomic mass is 16.5. The molecule has 178 valence electrons. The fourth-order valence-electron chi connectivity index (χ4n) is 4.35. The van der Waals surface area contributed by atoms with E-state index < -0.39 is 0 Å². The van der Waals surface area contributed by atoms with Crippen molar-refractivity contribution in [3.05, 3.63) is 89.5 Å². The Hall–Kier alpha value is -3.51. The monoisotopic (exact) mass is 460 g/mol. The number of benzene rings is 3. The molecule has 0 saturated carbocycles. The Balaban J connectivity index is 1.42. The molecule has 1 aliphatic rings. The zero-order chi connectivity index (χ0) is 23.9. The van der Waals surface area contributed by atoms with Crippen LogP contribution in [0.2, 0.25) is 0 Å². The van der Waals surface area contributed by atoms with Gasteiger partial charge in [-0.25, -0.2) is 0 Å². The van der Waals surface area contributed by atoms with Crippen LogP contribution in [0.4, 0.5) is 0 Å². The minimum absolute atomic E-state index is 0.0876. The molecular weight excluding hydrogens is 428 g/mol. The van der Waals surface area contributed by atoms with E-state index in [1.165, 1.54) is 5.56 Å². The Kier molecular flexibility index (Phi) is 7.70. The van der Waals surface area contributed by atoms with Gasteiger partial charge in [-0.1, -0.05) is 60.7 Å². The first-order valence-corrected chi connectivity index (χ1v) is 11.6. The second-order valence-corrected chi connectivity index (χ2v) is 8.52. The zero-order valence-electron chi connectivity index (χ0n) is 20.0. The maximum atomic E-state index is 13.1. The Morgan fingerprint density at radius 2 is 1.62 bits per heavy atom. The Morgan fingerprint density at radius 1 is 1.00 bits per heavy atom. The van der Waals surface area contributed by atoms with Crippen molar-refractivity contribution in [2.75, 3.05) is 27.3 Å². The van der Waals surface area contributed by atoms with Gasteiger partial charge < -0.3 is 19.5 Å². The normalized spacial score (nSPS) is 16.6. The summed E-state index contributed by atoms with van der Waals surface area (Å²) in [5.74, 6) is 1.26. The molecule has 1 saturated heterocycles. The molecule has 34 heavy (non-hydrogen) atoms. The molecule has 1 amide bonds. The van der Waals surface area contributed by atoms with Crippen LogP contribution >= 0.6 is 0 Å². The summed E-state index contributed by atoms with van der Waals surface area (Å²) < 4.78 is 17.1. The molecule has 4 rings (SSSR count). The molecule has 2 unspecified atom stereocenters. The van der Waals surface area contributed by atoms with Crippen molar-refractivity contribution < 1.29 is 19.0 Å². The third kappa shape index (κ3) is 5.51. The summed E-state index contributed by atoms with van der Waals surface area (Å²) in [6.07, 6.45) is 0.912. The lowest BCUT2D eigenvalue weighted by molar-refractivity contribution is 0.0935. The van der Waals surface area contributed by atoms with Crippen LogP contribution in [0, 0.1) is 0 Å². The van der Waals surface area contributed by atoms with E-state index >= 15 is 0 Å². The zero-order valence-corrected chi connectivity index (χ0v) is 20.0. The van der Waals surface area contributed by atoms with Crippen LogP contribution in [0.15, 0.2) is 72.8 Å². The third-order valence-electron chi connectivity index (χ3n) is 6.33. The molecule has 3 aromatic rings. The lowest BCUT2D eigenvalue weighted by atomic mass is 10.1. The maximum Gasteiger partial charge on any atom is 0.251 e. The number of carbonyl (C=O) groups excluding carboxylic acids is 1. The smallest absolute Gasteiger partial charge is 0.251 e. The number of amides is 1. The van der Waals surface area contributed by atoms with Gasteiger partial charge in [-0.3, -0.25) is 9.69 Å². The van der Waals surface area contributed by atoms with Gasteiger partial charge in [0.2, 0.25) is 5.75 Å². The number of nitrogens with zero attached hydrogens (tertiary/aromatic N) is 1. The van der Waals surface area contributed by atoms with Crippen molar-refractivity contribution in [3.63, 3.8) is 0 Å². The molecule has 6 nitrogen and oxygen atoms in total. The summed E-state index contributed by atoms with van der Waals surface area (Å²) in [5.41, 5.74) is 2.80. The number of likely N-dealkylation sites (tertiary alicyclic amines) is 1. The topological polar surface area (TPSA) is 60.0 Å². The van der Waals surface area contributed by atoms with E-state index in [0.29, 0.717) is 35.5 Å². The van der Waals surface area contributed by atoms with Gasteiger partial charge in [0.1, 0.15) is 6.61 Å². The van der Waals surface area contributed by atoms with Crippen molar-refractivity contribution >= 4 is 5.91 Å². The second-order valence-electron chi connectivity index (χ2n) is 8.52. The largest absolute Gasteiger partial charge is 0.493 e. The molecular formula is C28H32N2O4. The third-order valence-corrected chi connectivity index (χ3v) is 6.33. The van der Waals surface area contributed by atoms with Gasteiger partial charge in [-0.05, 0) is 36.6 Å². The Bertz CT molecular complexity index is 1060. The highest BCUT2D eigenvalue weighted by Gasteiger charge is 2.28. The SMILES string of the molecule is COc1cc(C(=O)NC2CCN(C(C)c3ccccc3)C2)cc(OC)c1OCc1ccccc1. The summed E-state index contributed by atoms with van der Waals surface area (Å²) in [6, 6.07) is 24.1. The Labute approximate surface area is 201 Å². The van der Waals surface area contributed by atoms with Crippen molar-refractivity contribution in [1.29, 1.82) is 0 Å². The van der Waals surface area contributed by atoms with E-state index in [4.69, 9.17) is 14.2 Å². The summed E-state index contributed by atoms with van der Waals surface area (Å²) in [6.45, 7) is 4.34. The highest BCUT2D eigenvalue weighted by molar-refractivity contribution is 5.95. The van der Waals surface area contributed by atoms with E-state index in [0.717, 1.165) is 25.1 Å². The van der Waals surface area contributed by atoms with Gasteiger partial charge in [0.15, 0.2) is 11.5 Å². The van der Waals surface area contributed by atoms with Crippen LogP contribution < -0.4 is 19.5 Å². The number of carbonyl (C=O) groups is 1. The number of hydrogen-bond acceptors (Lipinski definition) is 5. The van der Waals surface area contributed by atoms with Gasteiger partial charge >= 0.3 is 0 Å². The summed E-state index contributed by atoms with van der Waals surface area (Å²) in [4.78, 5) is 15.5. The molecule has 1 N–H and O–H groups in total. The standard InChI is InChI=1S/C28H32N2O4/c1-20(22-12-8-5-9-13-22)30-15-14-24(18-30)29-28(31)23-16-25(32-2)27(26(17-23)33-3)34-19-21-10-6-4-7-11-21/h4-13,16-17,20,24H,14-15,18-19H2,1-3H3,(H,29,31). The minimum atomic E-state index is -0.148. The molecule has 0 radical (unpaired) electrons. The average molecular weight is 461 g/mol. The molecule has 0 aliphatic carbocycles. The average Bonchev–Trinajstić information content (AvgIpc) is 3.35. The van der Waals surface area contributed by atoms with E-state index in [1.807, 2.05) is 36.4 Å². The predicted molar refractivity (Wildman–Crippen MR) is 133 cm³/mol. The Morgan fingerprint density at radius 3 is 2.24 bits per heavy atom. The molecule has 1 heterocycles. The van der Waals surface area contributed by atoms with Crippen LogP contribution in [-0.4, -0.2) is 44.2 Å². The fourth-order valence-corrected chi connectivity index (χ4v) is 4.35. The number of rotatable bonds is 9. The molecule has 0 aromatic heterocycles. The number of ether oxygens (including phenoxy) is 3. The number of methoxy groups -OCH3 is 2. The van der Waals surface area contributed by atoms with Crippen LogP contribution in [0.5, 0.6) is 17.2 Å². The van der Waals surface area contributed by atoms with Gasteiger partial charge in [0.05, 0.1) is 14.2 Å². The van der Waals surface area contributed by atoms with E-state index in [-0.39, 0.29) is 11.9 Å². The van der Waals surface area contributed by atoms with Crippen LogP contribution in [-0.2, 0) is 6.61 Å². The second kappa shape index (κ2) is 11.1. The molecule has 1 fully saturated rings. The lowest BCUT2D eigenvalue weighted by Gasteiger charge is -2.25. The van der Waals surface area contributed by atoms with Gasteiger partial charge in [0.25, 0.3) is 5.91 Å². The molecule has 2 atom stereocenters. The van der Waals surface area contributed by atoms with Crippen molar-refractivity contribution in [3.8, 4) is 17.2 Å². The maximum absolute atomic E-state index is 13.1. The van der Waals surface area contributed by atoms with Gasteiger partial charge in [0, 0.05) is 30.7 Å². The van der Waals surface area contributed by atoms with Crippen LogP contribution in [0.1, 0.15) is 40.9 Å². The minimum Gasteiger partial charge on any atom is -0.493 e. The quantitative estimate of drug-likeness (QED) is 0.495. The van der Waals surface area contributed by atoms with E-state index in [9.17, 15) is 4.79 Å². The molecule has 0 bridgehead atoms. The van der Waals surface area contributed by atoms with E-state index in [2.05, 4.69) is 41.4 Å². The first-order valence-electron chi connectivity index (χ1n) is 11.6. The lowest BCUT2D eigenvalue weighted by Crippen LogP contribution is -2.37. The van der Waals surface area contributed by atoms with Gasteiger partial charge in [-0.15, -0.1) is 0 Å². The van der Waals surface area contributed by atoms with E-state index in [1.54, 1.807) is 26.4 Å². The summed E-state index contributed by atoms with van der Waals surface area (Å²) in [5, 5.41) is 3.18. The first kappa shape index (κ1) is 23.6. The first-order chi connectivity index (χ1) is 16.6. The van der Waals surface area contributed by atoms with Crippen LogP contribution in [0.3, 0.4) is 0 Å². The van der Waals surface area contributed by atoms with Crippen molar-refractivity contribution in [2.45, 2.75) is 32.0 Å². The molecule has 0 spiro atoms. The number of hydrogen-bond donors (Lipinski definition) is 1. The summed E-state index contributed by atoms with van der Waals surface area (Å²) in [7, 11) is 3.12. The highest BCUT2D eigenvalue weighted by Crippen LogP contribution is 2.39. The molecule has 1 aliphatic heterocycles. The fraction of sp³-hybridized carbons (Fsp3) is 0.321. The van der Waals surface area contributed by atoms with Crippen molar-refractivity contribution in [1.82, 2.24) is 10.2 Å². The molecule has 3 aromatic carbocycles. The van der Waals surface area contributed by atoms with Crippen molar-refractivity contribution in [2.24, 2.45) is 0 Å². The van der Waals surface area contributed by atoms with Gasteiger partial charge in [-0.2, -0.15) is 0 Å². The van der Waals surface area contributed by atoms with Crippen LogP contribution in [0.25, 0.3) is 0 Å². The molecule has 6 heteroatoms. The summed E-state index contributed by atoms with van der Waals surface area (Å²) >= 11 is 0.